The first kappa shape index (κ1) is 17.4. The molecule has 0 radical (unpaired) electrons. The Morgan fingerprint density at radius 3 is 2.32 bits per heavy atom. The highest BCUT2D eigenvalue weighted by Gasteiger charge is 2.25. The van der Waals surface area contributed by atoms with Crippen molar-refractivity contribution in [2.24, 2.45) is 0 Å². The van der Waals surface area contributed by atoms with Crippen molar-refractivity contribution in [3.8, 4) is 28.3 Å². The maximum absolute atomic E-state index is 11.2. The minimum Gasteiger partial charge on any atom is -0.497 e. The molecule has 2 aromatic carbocycles. The van der Waals surface area contributed by atoms with E-state index in [-0.39, 0.29) is 5.89 Å². The predicted molar refractivity (Wildman–Crippen MR) is 98.3 cm³/mol. The normalized spacial score (nSPS) is 12.0. The van der Waals surface area contributed by atoms with Gasteiger partial charge < -0.3 is 14.3 Å². The predicted octanol–water partition coefficient (Wildman–Crippen LogP) is 4.73. The lowest BCUT2D eigenvalue weighted by Crippen LogP contribution is -2.05. The summed E-state index contributed by atoms with van der Waals surface area (Å²) in [6, 6.07) is 14.3. The van der Waals surface area contributed by atoms with E-state index in [0.29, 0.717) is 22.2 Å². The molecule has 1 heterocycles. The second kappa shape index (κ2) is 7.21. The Kier molecular flexibility index (Phi) is 5.01. The molecule has 0 aliphatic carbocycles. The number of carboxylic acids is 1. The summed E-state index contributed by atoms with van der Waals surface area (Å²) in [6.07, 6.45) is 0. The third kappa shape index (κ3) is 3.65. The highest BCUT2D eigenvalue weighted by molar-refractivity contribution is 7.81. The molecule has 0 fully saturated rings. The first-order valence-electron chi connectivity index (χ1n) is 7.31. The van der Waals surface area contributed by atoms with E-state index in [2.05, 4.69) is 17.6 Å². The van der Waals surface area contributed by atoms with Crippen molar-refractivity contribution < 1.29 is 19.1 Å². The van der Waals surface area contributed by atoms with Crippen LogP contribution in [0, 0.1) is 0 Å². The number of nitrogens with zero attached hydrogens (tertiary/aromatic N) is 1. The van der Waals surface area contributed by atoms with Crippen LogP contribution in [0.5, 0.6) is 5.75 Å². The van der Waals surface area contributed by atoms with Crippen molar-refractivity contribution in [2.75, 3.05) is 7.11 Å². The summed E-state index contributed by atoms with van der Waals surface area (Å²) >= 11 is 9.99. The second-order valence-electron chi connectivity index (χ2n) is 5.21. The molecule has 0 saturated carbocycles. The Labute approximate surface area is 154 Å². The number of oxazole rings is 1. The van der Waals surface area contributed by atoms with Gasteiger partial charge in [-0.15, -0.1) is 0 Å². The lowest BCUT2D eigenvalue weighted by Gasteiger charge is -2.03. The highest BCUT2D eigenvalue weighted by Crippen LogP contribution is 2.36. The molecule has 3 aromatic rings. The molecular formula is C18H14ClNO4S. The molecule has 0 spiro atoms. The first-order chi connectivity index (χ1) is 12.0. The van der Waals surface area contributed by atoms with Crippen molar-refractivity contribution in [3.63, 3.8) is 0 Å². The van der Waals surface area contributed by atoms with E-state index in [1.165, 1.54) is 0 Å². The van der Waals surface area contributed by atoms with Gasteiger partial charge in [-0.3, -0.25) is 4.79 Å². The molecule has 0 aliphatic rings. The summed E-state index contributed by atoms with van der Waals surface area (Å²) in [5.74, 6) is 0.0513. The van der Waals surface area contributed by atoms with Crippen LogP contribution in [0.25, 0.3) is 22.6 Å². The van der Waals surface area contributed by atoms with E-state index < -0.39 is 11.2 Å². The van der Waals surface area contributed by atoms with Crippen LogP contribution >= 0.6 is 24.2 Å². The molecule has 5 nitrogen and oxygen atoms in total. The molecule has 1 atom stereocenters. The van der Waals surface area contributed by atoms with Gasteiger partial charge in [0, 0.05) is 16.1 Å². The maximum Gasteiger partial charge on any atom is 0.325 e. The van der Waals surface area contributed by atoms with E-state index in [1.807, 2.05) is 12.1 Å². The van der Waals surface area contributed by atoms with E-state index >= 15 is 0 Å². The number of hydrogen-bond acceptors (Lipinski definition) is 5. The number of aliphatic carboxylic acids is 1. The molecule has 1 aromatic heterocycles. The van der Waals surface area contributed by atoms with Gasteiger partial charge in [-0.25, -0.2) is 4.98 Å². The molecular weight excluding hydrogens is 362 g/mol. The van der Waals surface area contributed by atoms with Crippen LogP contribution in [0.4, 0.5) is 0 Å². The topological polar surface area (TPSA) is 72.6 Å². The fraction of sp³-hybridized carbons (Fsp3) is 0.111. The third-order valence-corrected chi connectivity index (χ3v) is 4.28. The lowest BCUT2D eigenvalue weighted by atomic mass is 10.1. The van der Waals surface area contributed by atoms with Gasteiger partial charge >= 0.3 is 5.97 Å². The molecule has 3 rings (SSSR count). The van der Waals surface area contributed by atoms with Gasteiger partial charge in [-0.05, 0) is 48.5 Å². The SMILES string of the molecule is COc1ccc(-c2nc(C(S)C(=O)O)oc2-c2ccc(Cl)cc2)cc1. The smallest absolute Gasteiger partial charge is 0.325 e. The van der Waals surface area contributed by atoms with E-state index in [9.17, 15) is 9.90 Å². The number of halogens is 1. The molecule has 0 bridgehead atoms. The monoisotopic (exact) mass is 375 g/mol. The average Bonchev–Trinajstić information content (AvgIpc) is 3.07. The molecule has 1 N–H and O–H groups in total. The Morgan fingerprint density at radius 1 is 1.16 bits per heavy atom. The van der Waals surface area contributed by atoms with Crippen LogP contribution < -0.4 is 4.74 Å². The largest absolute Gasteiger partial charge is 0.497 e. The van der Waals surface area contributed by atoms with Crippen LogP contribution in [0.15, 0.2) is 52.9 Å². The zero-order chi connectivity index (χ0) is 18.0. The number of ether oxygens (including phenoxy) is 1. The molecule has 0 aliphatic heterocycles. The van der Waals surface area contributed by atoms with Gasteiger partial charge in [0.25, 0.3) is 0 Å². The minimum absolute atomic E-state index is 0.0200. The molecule has 1 unspecified atom stereocenters. The summed E-state index contributed by atoms with van der Waals surface area (Å²) in [5.41, 5.74) is 2.03. The van der Waals surface area contributed by atoms with E-state index in [1.54, 1.807) is 43.5 Å². The van der Waals surface area contributed by atoms with Gasteiger partial charge in [0.2, 0.25) is 5.89 Å². The van der Waals surface area contributed by atoms with Crippen molar-refractivity contribution in [2.45, 2.75) is 5.25 Å². The number of hydrogen-bond donors (Lipinski definition) is 2. The summed E-state index contributed by atoms with van der Waals surface area (Å²) in [7, 11) is 1.58. The maximum atomic E-state index is 11.2. The van der Waals surface area contributed by atoms with Gasteiger partial charge in [-0.2, -0.15) is 12.6 Å². The molecule has 128 valence electrons. The van der Waals surface area contributed by atoms with Crippen molar-refractivity contribution >= 4 is 30.2 Å². The lowest BCUT2D eigenvalue weighted by molar-refractivity contribution is -0.136. The average molecular weight is 376 g/mol. The quantitative estimate of drug-likeness (QED) is 0.631. The number of thiol groups is 1. The zero-order valence-electron chi connectivity index (χ0n) is 13.1. The van der Waals surface area contributed by atoms with Crippen LogP contribution in [0.2, 0.25) is 5.02 Å². The van der Waals surface area contributed by atoms with Gasteiger partial charge in [0.05, 0.1) is 7.11 Å². The fourth-order valence-corrected chi connectivity index (χ4v) is 2.54. The molecule has 0 saturated heterocycles. The van der Waals surface area contributed by atoms with Crippen LogP contribution in [-0.4, -0.2) is 23.2 Å². The number of benzene rings is 2. The summed E-state index contributed by atoms with van der Waals surface area (Å²) in [4.78, 5) is 15.6. The number of rotatable bonds is 5. The van der Waals surface area contributed by atoms with Crippen LogP contribution in [0.3, 0.4) is 0 Å². The summed E-state index contributed by atoms with van der Waals surface area (Å²) in [6.45, 7) is 0. The van der Waals surface area contributed by atoms with Gasteiger partial charge in [0.15, 0.2) is 11.0 Å². The Hall–Kier alpha value is -2.44. The van der Waals surface area contributed by atoms with Crippen molar-refractivity contribution in [1.82, 2.24) is 4.98 Å². The number of carbonyl (C=O) groups is 1. The first-order valence-corrected chi connectivity index (χ1v) is 8.21. The number of aromatic nitrogens is 1. The fourth-order valence-electron chi connectivity index (χ4n) is 2.30. The minimum atomic E-state index is -1.15. The third-order valence-electron chi connectivity index (χ3n) is 3.58. The van der Waals surface area contributed by atoms with Crippen molar-refractivity contribution in [3.05, 3.63) is 59.4 Å². The van der Waals surface area contributed by atoms with Crippen LogP contribution in [0.1, 0.15) is 11.1 Å². The van der Waals surface area contributed by atoms with Gasteiger partial charge in [-0.1, -0.05) is 11.6 Å². The Morgan fingerprint density at radius 2 is 1.76 bits per heavy atom. The Balaban J connectivity index is 2.13. The van der Waals surface area contributed by atoms with E-state index in [4.69, 9.17) is 20.8 Å². The molecule has 25 heavy (non-hydrogen) atoms. The summed E-state index contributed by atoms with van der Waals surface area (Å²) in [5, 5.41) is 8.61. The zero-order valence-corrected chi connectivity index (χ0v) is 14.8. The molecule has 0 amide bonds. The second-order valence-corrected chi connectivity index (χ2v) is 6.16. The number of methoxy groups -OCH3 is 1. The molecule has 7 heteroatoms. The number of carboxylic acid groups (broad SMARTS) is 1. The van der Waals surface area contributed by atoms with E-state index in [0.717, 1.165) is 11.1 Å². The summed E-state index contributed by atoms with van der Waals surface area (Å²) < 4.78 is 10.9. The Bertz CT molecular complexity index is 890. The van der Waals surface area contributed by atoms with Crippen molar-refractivity contribution in [1.29, 1.82) is 0 Å². The van der Waals surface area contributed by atoms with Crippen LogP contribution in [-0.2, 0) is 4.79 Å². The van der Waals surface area contributed by atoms with Gasteiger partial charge in [0.1, 0.15) is 11.4 Å². The standard InChI is InChI=1S/C18H14ClNO4S/c1-23-13-8-4-10(5-9-13)14-15(11-2-6-12(19)7-3-11)24-17(20-14)16(25)18(21)22/h2-9,16,25H,1H3,(H,21,22). The highest BCUT2D eigenvalue weighted by atomic mass is 35.5.